The third-order valence-electron chi connectivity index (χ3n) is 3.26. The summed E-state index contributed by atoms with van der Waals surface area (Å²) in [5.41, 5.74) is 2.37. The molecule has 0 aliphatic rings. The molecule has 1 N–H and O–H groups in total. The highest BCUT2D eigenvalue weighted by molar-refractivity contribution is 5.68. The number of nitrogens with zero attached hydrogens (tertiary/aromatic N) is 1. The molecule has 0 radical (unpaired) electrons. The maximum atomic E-state index is 10.8. The van der Waals surface area contributed by atoms with Crippen molar-refractivity contribution < 1.29 is 9.90 Å². The molecule has 19 heavy (non-hydrogen) atoms. The van der Waals surface area contributed by atoms with Crippen molar-refractivity contribution >= 4 is 11.7 Å². The summed E-state index contributed by atoms with van der Waals surface area (Å²) in [5, 5.41) is 8.87. The number of carboxylic acids is 1. The van der Waals surface area contributed by atoms with E-state index in [-0.39, 0.29) is 6.42 Å². The van der Waals surface area contributed by atoms with Gasteiger partial charge in [-0.05, 0) is 37.3 Å². The zero-order valence-electron chi connectivity index (χ0n) is 12.2. The van der Waals surface area contributed by atoms with Crippen LogP contribution in [-0.2, 0) is 4.79 Å². The Kier molecular flexibility index (Phi) is 6.40. The van der Waals surface area contributed by atoms with E-state index in [0.717, 1.165) is 18.7 Å². The lowest BCUT2D eigenvalue weighted by Crippen LogP contribution is -2.28. The summed E-state index contributed by atoms with van der Waals surface area (Å²) >= 11 is 0. The fraction of sp³-hybridized carbons (Fsp3) is 0.562. The topological polar surface area (TPSA) is 40.5 Å². The third-order valence-corrected chi connectivity index (χ3v) is 3.26. The van der Waals surface area contributed by atoms with Crippen molar-refractivity contribution in [3.05, 3.63) is 29.8 Å². The van der Waals surface area contributed by atoms with E-state index in [1.165, 1.54) is 12.0 Å². The van der Waals surface area contributed by atoms with Gasteiger partial charge in [0.1, 0.15) is 0 Å². The van der Waals surface area contributed by atoms with Gasteiger partial charge in [-0.2, -0.15) is 0 Å². The van der Waals surface area contributed by atoms with Gasteiger partial charge in [-0.25, -0.2) is 0 Å². The molecule has 1 aromatic rings. The van der Waals surface area contributed by atoms with E-state index in [9.17, 15) is 4.79 Å². The van der Waals surface area contributed by atoms with E-state index in [1.807, 2.05) is 12.1 Å². The fourth-order valence-electron chi connectivity index (χ4n) is 2.19. The molecule has 0 aromatic heterocycles. The minimum Gasteiger partial charge on any atom is -0.481 e. The van der Waals surface area contributed by atoms with Crippen LogP contribution in [0.4, 0.5) is 5.69 Å². The second kappa shape index (κ2) is 7.82. The standard InChI is InChI=1S/C16H25NO2/c1-13(2)7-6-11-17(12-10-16(18)19)15-9-5-4-8-14(15)3/h4-5,8-9,13H,6-7,10-12H2,1-3H3,(H,18,19). The van der Waals surface area contributed by atoms with E-state index in [2.05, 4.69) is 37.8 Å². The molecule has 0 fully saturated rings. The number of aliphatic carboxylic acids is 1. The predicted molar refractivity (Wildman–Crippen MR) is 79.7 cm³/mol. The van der Waals surface area contributed by atoms with Crippen LogP contribution >= 0.6 is 0 Å². The van der Waals surface area contributed by atoms with Crippen molar-refractivity contribution in [3.8, 4) is 0 Å². The fourth-order valence-corrected chi connectivity index (χ4v) is 2.19. The van der Waals surface area contributed by atoms with Crippen LogP contribution in [0.3, 0.4) is 0 Å². The van der Waals surface area contributed by atoms with Crippen molar-refractivity contribution in [1.29, 1.82) is 0 Å². The number of anilines is 1. The highest BCUT2D eigenvalue weighted by Gasteiger charge is 2.10. The van der Waals surface area contributed by atoms with E-state index >= 15 is 0 Å². The Labute approximate surface area is 116 Å². The average Bonchev–Trinajstić information content (AvgIpc) is 2.34. The van der Waals surface area contributed by atoms with Crippen LogP contribution in [0.2, 0.25) is 0 Å². The molecule has 0 amide bonds. The minimum absolute atomic E-state index is 0.190. The first-order valence-corrected chi connectivity index (χ1v) is 7.03. The third kappa shape index (κ3) is 5.77. The zero-order chi connectivity index (χ0) is 14.3. The first-order valence-electron chi connectivity index (χ1n) is 7.03. The zero-order valence-corrected chi connectivity index (χ0v) is 12.2. The smallest absolute Gasteiger partial charge is 0.305 e. The maximum absolute atomic E-state index is 10.8. The molecular weight excluding hydrogens is 238 g/mol. The van der Waals surface area contributed by atoms with Crippen LogP contribution in [0.5, 0.6) is 0 Å². The number of hydrogen-bond acceptors (Lipinski definition) is 2. The minimum atomic E-state index is -0.734. The van der Waals surface area contributed by atoms with Gasteiger partial charge in [0.15, 0.2) is 0 Å². The van der Waals surface area contributed by atoms with E-state index in [4.69, 9.17) is 5.11 Å². The summed E-state index contributed by atoms with van der Waals surface area (Å²) < 4.78 is 0. The second-order valence-corrected chi connectivity index (χ2v) is 5.45. The normalized spacial score (nSPS) is 10.7. The van der Waals surface area contributed by atoms with Crippen molar-refractivity contribution in [2.24, 2.45) is 5.92 Å². The van der Waals surface area contributed by atoms with E-state index < -0.39 is 5.97 Å². The number of aryl methyl sites for hydroxylation is 1. The van der Waals surface area contributed by atoms with Gasteiger partial charge in [0.2, 0.25) is 0 Å². The van der Waals surface area contributed by atoms with Gasteiger partial charge in [-0.3, -0.25) is 4.79 Å². The Balaban J connectivity index is 2.68. The van der Waals surface area contributed by atoms with E-state index in [1.54, 1.807) is 0 Å². The summed E-state index contributed by atoms with van der Waals surface area (Å²) in [6.07, 6.45) is 2.47. The second-order valence-electron chi connectivity index (χ2n) is 5.45. The molecule has 0 saturated heterocycles. The molecule has 106 valence electrons. The quantitative estimate of drug-likeness (QED) is 0.777. The number of rotatable bonds is 8. The Morgan fingerprint density at radius 3 is 2.53 bits per heavy atom. The Hall–Kier alpha value is -1.51. The molecule has 0 unspecified atom stereocenters. The summed E-state index contributed by atoms with van der Waals surface area (Å²) in [6, 6.07) is 8.18. The van der Waals surface area contributed by atoms with Crippen molar-refractivity contribution in [1.82, 2.24) is 0 Å². The molecule has 0 aliphatic carbocycles. The van der Waals surface area contributed by atoms with E-state index in [0.29, 0.717) is 12.5 Å². The molecule has 3 heteroatoms. The number of para-hydroxylation sites is 1. The summed E-state index contributed by atoms with van der Waals surface area (Å²) in [5.74, 6) is -0.0411. The van der Waals surface area contributed by atoms with Gasteiger partial charge in [-0.1, -0.05) is 32.0 Å². The van der Waals surface area contributed by atoms with Crippen LogP contribution in [0, 0.1) is 12.8 Å². The van der Waals surface area contributed by atoms with Crippen LogP contribution in [0.25, 0.3) is 0 Å². The average molecular weight is 263 g/mol. The van der Waals surface area contributed by atoms with Gasteiger partial charge in [-0.15, -0.1) is 0 Å². The van der Waals surface area contributed by atoms with Crippen LogP contribution in [-0.4, -0.2) is 24.2 Å². The van der Waals surface area contributed by atoms with Gasteiger partial charge in [0.25, 0.3) is 0 Å². The largest absolute Gasteiger partial charge is 0.481 e. The Bertz CT molecular complexity index is 401. The molecular formula is C16H25NO2. The molecule has 0 spiro atoms. The molecule has 3 nitrogen and oxygen atoms in total. The molecule has 0 bridgehead atoms. The lowest BCUT2D eigenvalue weighted by atomic mass is 10.1. The lowest BCUT2D eigenvalue weighted by molar-refractivity contribution is -0.136. The molecule has 0 aliphatic heterocycles. The van der Waals surface area contributed by atoms with Crippen LogP contribution in [0.1, 0.15) is 38.7 Å². The highest BCUT2D eigenvalue weighted by Crippen LogP contribution is 2.20. The van der Waals surface area contributed by atoms with Crippen molar-refractivity contribution in [2.45, 2.75) is 40.0 Å². The summed E-state index contributed by atoms with van der Waals surface area (Å²) in [4.78, 5) is 13.0. The number of carbonyl (C=O) groups is 1. The first-order chi connectivity index (χ1) is 9.00. The lowest BCUT2D eigenvalue weighted by Gasteiger charge is -2.26. The summed E-state index contributed by atoms with van der Waals surface area (Å²) in [7, 11) is 0. The SMILES string of the molecule is Cc1ccccc1N(CCCC(C)C)CCC(=O)O. The molecule has 0 heterocycles. The molecule has 0 saturated carbocycles. The number of hydrogen-bond donors (Lipinski definition) is 1. The number of carboxylic acid groups (broad SMARTS) is 1. The highest BCUT2D eigenvalue weighted by atomic mass is 16.4. The molecule has 0 atom stereocenters. The predicted octanol–water partition coefficient (Wildman–Crippen LogP) is 3.71. The van der Waals surface area contributed by atoms with Gasteiger partial charge < -0.3 is 10.0 Å². The van der Waals surface area contributed by atoms with Crippen molar-refractivity contribution in [2.75, 3.05) is 18.0 Å². The van der Waals surface area contributed by atoms with Gasteiger partial charge in [0, 0.05) is 18.8 Å². The maximum Gasteiger partial charge on any atom is 0.305 e. The number of benzene rings is 1. The van der Waals surface area contributed by atoms with Gasteiger partial charge in [0.05, 0.1) is 6.42 Å². The Morgan fingerprint density at radius 2 is 1.95 bits per heavy atom. The Morgan fingerprint density at radius 1 is 1.26 bits per heavy atom. The monoisotopic (exact) mass is 263 g/mol. The summed E-state index contributed by atoms with van der Waals surface area (Å²) in [6.45, 7) is 8.02. The first kappa shape index (κ1) is 15.5. The molecule has 1 aromatic carbocycles. The van der Waals surface area contributed by atoms with Gasteiger partial charge >= 0.3 is 5.97 Å². The van der Waals surface area contributed by atoms with Crippen LogP contribution < -0.4 is 4.90 Å². The van der Waals surface area contributed by atoms with Crippen molar-refractivity contribution in [3.63, 3.8) is 0 Å². The van der Waals surface area contributed by atoms with Crippen LogP contribution in [0.15, 0.2) is 24.3 Å². The molecule has 1 rings (SSSR count).